The molecule has 0 aliphatic carbocycles. The monoisotopic (exact) mass is 240 g/mol. The summed E-state index contributed by atoms with van der Waals surface area (Å²) < 4.78 is 0. The van der Waals surface area contributed by atoms with Crippen molar-refractivity contribution in [3.05, 3.63) is 35.9 Å². The van der Waals surface area contributed by atoms with Crippen LogP contribution in [0.3, 0.4) is 0 Å². The van der Waals surface area contributed by atoms with Gasteiger partial charge in [0.05, 0.1) is 11.5 Å². The van der Waals surface area contributed by atoms with Gasteiger partial charge in [0, 0.05) is 12.6 Å². The van der Waals surface area contributed by atoms with E-state index >= 15 is 0 Å². The van der Waals surface area contributed by atoms with Crippen LogP contribution in [0.15, 0.2) is 30.3 Å². The fraction of sp³-hybridized carbons (Fsp3) is 0.562. The minimum absolute atomic E-state index is 0.236. The van der Waals surface area contributed by atoms with Crippen molar-refractivity contribution < 1.29 is 0 Å². The second kappa shape index (κ2) is 4.74. The van der Waals surface area contributed by atoms with Crippen LogP contribution in [0, 0.1) is 11.3 Å². The van der Waals surface area contributed by atoms with Crippen LogP contribution in [0.1, 0.15) is 37.7 Å². The molecule has 2 nitrogen and oxygen atoms in total. The molecule has 3 rings (SSSR count). The number of benzene rings is 1. The Morgan fingerprint density at radius 1 is 1.17 bits per heavy atom. The van der Waals surface area contributed by atoms with Gasteiger partial charge in [-0.1, -0.05) is 36.8 Å². The van der Waals surface area contributed by atoms with E-state index in [0.29, 0.717) is 6.04 Å². The molecule has 2 heteroatoms. The molecule has 0 spiro atoms. The first-order valence-electron chi connectivity index (χ1n) is 7.05. The second-order valence-corrected chi connectivity index (χ2v) is 5.70. The van der Waals surface area contributed by atoms with Gasteiger partial charge in [-0.05, 0) is 37.8 Å². The third-order valence-corrected chi connectivity index (χ3v) is 4.70. The molecule has 0 N–H and O–H groups in total. The van der Waals surface area contributed by atoms with E-state index in [0.717, 1.165) is 19.4 Å². The van der Waals surface area contributed by atoms with Gasteiger partial charge < -0.3 is 4.90 Å². The van der Waals surface area contributed by atoms with Crippen molar-refractivity contribution in [3.63, 3.8) is 0 Å². The summed E-state index contributed by atoms with van der Waals surface area (Å²) >= 11 is 0. The quantitative estimate of drug-likeness (QED) is 0.754. The minimum atomic E-state index is -0.236. The van der Waals surface area contributed by atoms with Crippen molar-refractivity contribution >= 4 is 0 Å². The van der Waals surface area contributed by atoms with Crippen molar-refractivity contribution in [1.29, 1.82) is 5.26 Å². The summed E-state index contributed by atoms with van der Waals surface area (Å²) in [5.74, 6) is 0. The summed E-state index contributed by atoms with van der Waals surface area (Å²) in [7, 11) is 0. The highest BCUT2D eigenvalue weighted by molar-refractivity contribution is 5.33. The van der Waals surface area contributed by atoms with Gasteiger partial charge in [-0.15, -0.1) is 0 Å². The summed E-state index contributed by atoms with van der Waals surface area (Å²) in [6.45, 7) is 2.33. The number of nitriles is 1. The molecule has 2 aliphatic heterocycles. The maximum absolute atomic E-state index is 9.72. The number of hydrogen-bond donors (Lipinski definition) is 0. The molecular formula is C16H20N2. The minimum Gasteiger partial charge on any atom is -0.300 e. The van der Waals surface area contributed by atoms with Gasteiger partial charge in [0.25, 0.3) is 0 Å². The van der Waals surface area contributed by atoms with E-state index in [1.54, 1.807) is 0 Å². The summed E-state index contributed by atoms with van der Waals surface area (Å²) in [5, 5.41) is 9.72. The zero-order chi connectivity index (χ0) is 12.4. The van der Waals surface area contributed by atoms with Crippen LogP contribution in [-0.2, 0) is 5.41 Å². The third kappa shape index (κ3) is 1.93. The Balaban J connectivity index is 1.88. The number of piperidine rings is 2. The Kier molecular flexibility index (Phi) is 3.09. The Morgan fingerprint density at radius 2 is 2.00 bits per heavy atom. The normalized spacial score (nSPS) is 32.5. The fourth-order valence-electron chi connectivity index (χ4n) is 3.61. The van der Waals surface area contributed by atoms with E-state index < -0.39 is 0 Å². The van der Waals surface area contributed by atoms with E-state index in [-0.39, 0.29) is 5.41 Å². The molecular weight excluding hydrogens is 220 g/mol. The van der Waals surface area contributed by atoms with Crippen LogP contribution in [-0.4, -0.2) is 24.0 Å². The molecule has 0 saturated carbocycles. The fourth-order valence-corrected chi connectivity index (χ4v) is 3.61. The van der Waals surface area contributed by atoms with Gasteiger partial charge in [-0.2, -0.15) is 5.26 Å². The van der Waals surface area contributed by atoms with Crippen LogP contribution < -0.4 is 0 Å². The van der Waals surface area contributed by atoms with E-state index in [4.69, 9.17) is 0 Å². The molecule has 0 amide bonds. The molecule has 2 atom stereocenters. The Hall–Kier alpha value is -1.33. The molecule has 0 unspecified atom stereocenters. The number of rotatable bonds is 1. The van der Waals surface area contributed by atoms with Gasteiger partial charge in [0.1, 0.15) is 0 Å². The first-order valence-corrected chi connectivity index (χ1v) is 7.05. The summed E-state index contributed by atoms with van der Waals surface area (Å²) in [6, 6.07) is 13.7. The second-order valence-electron chi connectivity index (χ2n) is 5.70. The van der Waals surface area contributed by atoms with E-state index in [1.807, 2.05) is 6.07 Å². The van der Waals surface area contributed by atoms with Crippen molar-refractivity contribution in [2.45, 2.75) is 43.6 Å². The zero-order valence-electron chi connectivity index (χ0n) is 10.8. The number of nitrogens with zero attached hydrogens (tertiary/aromatic N) is 2. The Bertz CT molecular complexity index is 448. The molecule has 1 aromatic rings. The molecule has 2 aliphatic rings. The summed E-state index contributed by atoms with van der Waals surface area (Å²) in [6.07, 6.45) is 5.95. The van der Waals surface area contributed by atoms with Crippen molar-refractivity contribution in [3.8, 4) is 6.07 Å². The summed E-state index contributed by atoms with van der Waals surface area (Å²) in [5.41, 5.74) is 0.984. The molecule has 2 fully saturated rings. The van der Waals surface area contributed by atoms with Gasteiger partial charge in [-0.25, -0.2) is 0 Å². The van der Waals surface area contributed by atoms with Gasteiger partial charge in [0.2, 0.25) is 0 Å². The average Bonchev–Trinajstić information content (AvgIpc) is 2.47. The number of hydrogen-bond acceptors (Lipinski definition) is 2. The lowest BCUT2D eigenvalue weighted by molar-refractivity contribution is 0.0798. The maximum atomic E-state index is 9.72. The smallest absolute Gasteiger partial charge is 0.0849 e. The Morgan fingerprint density at radius 3 is 2.78 bits per heavy atom. The average molecular weight is 240 g/mol. The number of fused-ring (bicyclic) bond motifs is 1. The van der Waals surface area contributed by atoms with Gasteiger partial charge in [-0.3, -0.25) is 0 Å². The largest absolute Gasteiger partial charge is 0.300 e. The van der Waals surface area contributed by atoms with Crippen LogP contribution in [0.25, 0.3) is 0 Å². The van der Waals surface area contributed by atoms with Crippen molar-refractivity contribution in [2.24, 2.45) is 0 Å². The Labute approximate surface area is 109 Å². The maximum Gasteiger partial charge on any atom is 0.0849 e. The van der Waals surface area contributed by atoms with Gasteiger partial charge >= 0.3 is 0 Å². The highest BCUT2D eigenvalue weighted by atomic mass is 15.2. The highest BCUT2D eigenvalue weighted by Crippen LogP contribution is 2.40. The predicted molar refractivity (Wildman–Crippen MR) is 72.2 cm³/mol. The van der Waals surface area contributed by atoms with Crippen LogP contribution >= 0.6 is 0 Å². The topological polar surface area (TPSA) is 27.0 Å². The van der Waals surface area contributed by atoms with Gasteiger partial charge in [0.15, 0.2) is 0 Å². The molecule has 18 heavy (non-hydrogen) atoms. The first kappa shape index (κ1) is 11.7. The van der Waals surface area contributed by atoms with E-state index in [2.05, 4.69) is 35.2 Å². The standard InChI is InChI=1S/C16H20N2/c17-13-16(14-6-2-1-3-7-14)9-11-18-10-5-4-8-15(18)12-16/h1-3,6-7,15H,4-5,8-12H2/t15-,16-/m1/s1. The van der Waals surface area contributed by atoms with E-state index in [9.17, 15) is 5.26 Å². The van der Waals surface area contributed by atoms with Crippen LogP contribution in [0.4, 0.5) is 0 Å². The molecule has 0 aromatic heterocycles. The zero-order valence-corrected chi connectivity index (χ0v) is 10.8. The lowest BCUT2D eigenvalue weighted by Gasteiger charge is -2.46. The lowest BCUT2D eigenvalue weighted by atomic mass is 9.70. The first-order chi connectivity index (χ1) is 8.84. The SMILES string of the molecule is N#C[C@@]1(c2ccccc2)CCN2CCCC[C@@H]2C1. The summed E-state index contributed by atoms with van der Waals surface area (Å²) in [4.78, 5) is 2.60. The molecule has 0 bridgehead atoms. The van der Waals surface area contributed by atoms with Crippen LogP contribution in [0.5, 0.6) is 0 Å². The third-order valence-electron chi connectivity index (χ3n) is 4.70. The molecule has 1 aromatic carbocycles. The van der Waals surface area contributed by atoms with Crippen LogP contribution in [0.2, 0.25) is 0 Å². The molecule has 2 saturated heterocycles. The predicted octanol–water partition coefficient (Wildman–Crippen LogP) is 3.10. The molecule has 2 heterocycles. The van der Waals surface area contributed by atoms with Crippen molar-refractivity contribution in [2.75, 3.05) is 13.1 Å². The lowest BCUT2D eigenvalue weighted by Crippen LogP contribution is -2.50. The molecule has 94 valence electrons. The highest BCUT2D eigenvalue weighted by Gasteiger charge is 2.41. The van der Waals surface area contributed by atoms with Crippen molar-refractivity contribution in [1.82, 2.24) is 4.90 Å². The van der Waals surface area contributed by atoms with E-state index in [1.165, 1.54) is 31.4 Å². The molecule has 0 radical (unpaired) electrons.